The van der Waals surface area contributed by atoms with E-state index in [9.17, 15) is 4.79 Å². The molecule has 1 aliphatic rings. The lowest BCUT2D eigenvalue weighted by molar-refractivity contribution is -0.125. The van der Waals surface area contributed by atoms with Crippen LogP contribution in [0.1, 0.15) is 29.2 Å². The molecule has 0 unspecified atom stereocenters. The van der Waals surface area contributed by atoms with E-state index in [0.717, 1.165) is 25.6 Å². The molecule has 4 rings (SSSR count). The second-order valence-corrected chi connectivity index (χ2v) is 9.84. The molecule has 0 fully saturated rings. The number of halogens is 2. The summed E-state index contributed by atoms with van der Waals surface area (Å²) in [6.45, 7) is 0.505. The number of aliphatic imine (C=N–C) groups is 1. The number of hydrogen-bond acceptors (Lipinski definition) is 5. The van der Waals surface area contributed by atoms with Gasteiger partial charge in [-0.15, -0.1) is 0 Å². The van der Waals surface area contributed by atoms with Crippen molar-refractivity contribution in [2.75, 3.05) is 13.2 Å². The highest BCUT2D eigenvalue weighted by Gasteiger charge is 2.52. The van der Waals surface area contributed by atoms with Crippen molar-refractivity contribution in [1.82, 2.24) is 0 Å². The van der Waals surface area contributed by atoms with Gasteiger partial charge in [-0.05, 0) is 59.7 Å². The topological polar surface area (TPSA) is 94.1 Å². The minimum Gasteiger partial charge on any atom is -0.494 e. The number of benzene rings is 3. The number of carbonyl (C=O) groups excluding carboxylic acids is 1. The molecule has 0 saturated carbocycles. The Morgan fingerprint density at radius 1 is 1.00 bits per heavy atom. The summed E-state index contributed by atoms with van der Waals surface area (Å²) in [5, 5.41) is 8.92. The van der Waals surface area contributed by atoms with Crippen LogP contribution in [0, 0.1) is 0 Å². The SMILES string of the molecule is NC(=O)[C@]1(Cc2ccc(Br)cc2)N=C(c2ccc(OCCCO)cc2)O[C@@H]1c1ccc(Br)cc1. The van der Waals surface area contributed by atoms with Crippen LogP contribution >= 0.6 is 31.9 Å². The zero-order chi connectivity index (χ0) is 24.1. The Morgan fingerprint density at radius 3 is 2.21 bits per heavy atom. The van der Waals surface area contributed by atoms with Gasteiger partial charge in [0.15, 0.2) is 11.6 Å². The normalized spacial score (nSPS) is 19.4. The maximum absolute atomic E-state index is 13.0. The standard InChI is InChI=1S/C26H24Br2N2O4/c27-20-8-2-17(3-9-20)16-26(25(29)32)23(18-4-10-21(28)11-5-18)34-24(30-26)19-6-12-22(13-7-19)33-15-1-14-31/h2-13,23,31H,1,14-16H2,(H2,29,32)/t23-,26-/m1/s1. The molecular formula is C26H24Br2N2O4. The van der Waals surface area contributed by atoms with E-state index in [1.54, 1.807) is 0 Å². The minimum absolute atomic E-state index is 0.0771. The summed E-state index contributed by atoms with van der Waals surface area (Å²) in [6.07, 6.45) is 0.170. The van der Waals surface area contributed by atoms with Crippen LogP contribution < -0.4 is 10.5 Å². The molecule has 1 amide bonds. The number of hydrogen-bond donors (Lipinski definition) is 2. The van der Waals surface area contributed by atoms with Crippen molar-refractivity contribution in [2.45, 2.75) is 24.5 Å². The average Bonchev–Trinajstić information content (AvgIpc) is 3.22. The van der Waals surface area contributed by atoms with Crippen molar-refractivity contribution >= 4 is 43.7 Å². The van der Waals surface area contributed by atoms with Gasteiger partial charge in [0, 0.05) is 34.0 Å². The summed E-state index contributed by atoms with van der Waals surface area (Å²) in [4.78, 5) is 17.8. The van der Waals surface area contributed by atoms with Gasteiger partial charge < -0.3 is 20.3 Å². The highest BCUT2D eigenvalue weighted by Crippen LogP contribution is 2.42. The lowest BCUT2D eigenvalue weighted by Gasteiger charge is -2.29. The summed E-state index contributed by atoms with van der Waals surface area (Å²) in [6, 6.07) is 22.7. The van der Waals surface area contributed by atoms with Crippen LogP contribution in [-0.4, -0.2) is 35.7 Å². The van der Waals surface area contributed by atoms with Crippen LogP contribution in [0.4, 0.5) is 0 Å². The smallest absolute Gasteiger partial charge is 0.250 e. The van der Waals surface area contributed by atoms with Crippen molar-refractivity contribution in [3.05, 3.63) is 98.4 Å². The number of aliphatic hydroxyl groups excluding tert-OH is 1. The van der Waals surface area contributed by atoms with Crippen LogP contribution in [0.5, 0.6) is 5.75 Å². The first-order valence-corrected chi connectivity index (χ1v) is 12.4. The lowest BCUT2D eigenvalue weighted by Crippen LogP contribution is -2.47. The fourth-order valence-corrected chi connectivity index (χ4v) is 4.38. The molecule has 3 aromatic rings. The van der Waals surface area contributed by atoms with Gasteiger partial charge in [0.25, 0.3) is 0 Å². The summed E-state index contributed by atoms with van der Waals surface area (Å²) in [7, 11) is 0. The molecule has 0 aromatic heterocycles. The van der Waals surface area contributed by atoms with Gasteiger partial charge in [-0.2, -0.15) is 0 Å². The number of rotatable bonds is 9. The number of carbonyl (C=O) groups is 1. The van der Waals surface area contributed by atoms with Crippen molar-refractivity contribution in [1.29, 1.82) is 0 Å². The monoisotopic (exact) mass is 586 g/mol. The average molecular weight is 588 g/mol. The van der Waals surface area contributed by atoms with Gasteiger partial charge in [-0.3, -0.25) is 4.79 Å². The van der Waals surface area contributed by atoms with Crippen molar-refractivity contribution in [2.24, 2.45) is 10.7 Å². The predicted octanol–water partition coefficient (Wildman–Crippen LogP) is 4.96. The van der Waals surface area contributed by atoms with E-state index >= 15 is 0 Å². The van der Waals surface area contributed by atoms with Crippen LogP contribution in [0.2, 0.25) is 0 Å². The van der Waals surface area contributed by atoms with E-state index in [2.05, 4.69) is 31.9 Å². The molecule has 34 heavy (non-hydrogen) atoms. The number of primary amides is 1. The molecule has 6 nitrogen and oxygen atoms in total. The Hall–Kier alpha value is -2.68. The molecule has 0 radical (unpaired) electrons. The Bertz CT molecular complexity index is 1160. The van der Waals surface area contributed by atoms with Gasteiger partial charge >= 0.3 is 0 Å². The van der Waals surface area contributed by atoms with Crippen LogP contribution in [0.15, 0.2) is 86.7 Å². The predicted molar refractivity (Wildman–Crippen MR) is 138 cm³/mol. The molecule has 1 heterocycles. The van der Waals surface area contributed by atoms with Gasteiger partial charge in [0.1, 0.15) is 5.75 Å². The third-order valence-electron chi connectivity index (χ3n) is 5.62. The number of aliphatic hydroxyl groups is 1. The molecule has 0 spiro atoms. The molecule has 8 heteroatoms. The minimum atomic E-state index is -1.31. The van der Waals surface area contributed by atoms with Crippen LogP contribution in [0.3, 0.4) is 0 Å². The first-order valence-electron chi connectivity index (χ1n) is 10.8. The molecule has 0 aliphatic carbocycles. The van der Waals surface area contributed by atoms with Crippen molar-refractivity contribution in [3.8, 4) is 5.75 Å². The van der Waals surface area contributed by atoms with E-state index in [-0.39, 0.29) is 6.61 Å². The number of nitrogens with two attached hydrogens (primary N) is 1. The Kier molecular flexibility index (Phi) is 7.70. The third-order valence-corrected chi connectivity index (χ3v) is 6.68. The zero-order valence-electron chi connectivity index (χ0n) is 18.3. The van der Waals surface area contributed by atoms with E-state index in [0.29, 0.717) is 31.1 Å². The summed E-state index contributed by atoms with van der Waals surface area (Å²) in [5.41, 5.74) is 7.15. The van der Waals surface area contributed by atoms with Crippen LogP contribution in [-0.2, 0) is 16.0 Å². The second kappa shape index (κ2) is 10.7. The zero-order valence-corrected chi connectivity index (χ0v) is 21.5. The highest BCUT2D eigenvalue weighted by molar-refractivity contribution is 9.10. The number of nitrogens with zero attached hydrogens (tertiary/aromatic N) is 1. The summed E-state index contributed by atoms with van der Waals surface area (Å²) < 4.78 is 13.8. The third kappa shape index (κ3) is 5.35. The molecule has 0 bridgehead atoms. The largest absolute Gasteiger partial charge is 0.494 e. The van der Waals surface area contributed by atoms with E-state index in [4.69, 9.17) is 25.3 Å². The molecular weight excluding hydrogens is 564 g/mol. The second-order valence-electron chi connectivity index (χ2n) is 8.01. The molecule has 0 saturated heterocycles. The molecule has 2 atom stereocenters. The fraction of sp³-hybridized carbons (Fsp3) is 0.231. The van der Waals surface area contributed by atoms with Gasteiger partial charge in [0.05, 0.1) is 6.61 Å². The van der Waals surface area contributed by atoms with Crippen molar-refractivity contribution < 1.29 is 19.4 Å². The lowest BCUT2D eigenvalue weighted by atomic mass is 9.82. The number of ether oxygens (including phenoxy) is 2. The first-order chi connectivity index (χ1) is 16.4. The van der Waals surface area contributed by atoms with Crippen LogP contribution in [0.25, 0.3) is 0 Å². The molecule has 1 aliphatic heterocycles. The Morgan fingerprint density at radius 2 is 1.62 bits per heavy atom. The molecule has 3 N–H and O–H groups in total. The summed E-state index contributed by atoms with van der Waals surface area (Å²) in [5.74, 6) is 0.476. The number of amides is 1. The Labute approximate surface area is 215 Å². The quantitative estimate of drug-likeness (QED) is 0.346. The molecule has 3 aromatic carbocycles. The Balaban J connectivity index is 1.71. The first kappa shape index (κ1) is 24.4. The van der Waals surface area contributed by atoms with E-state index < -0.39 is 17.6 Å². The maximum Gasteiger partial charge on any atom is 0.250 e. The maximum atomic E-state index is 13.0. The summed E-state index contributed by atoms with van der Waals surface area (Å²) >= 11 is 6.91. The van der Waals surface area contributed by atoms with Gasteiger partial charge in [-0.25, -0.2) is 4.99 Å². The van der Waals surface area contributed by atoms with Gasteiger partial charge in [0.2, 0.25) is 11.8 Å². The van der Waals surface area contributed by atoms with E-state index in [1.165, 1.54) is 0 Å². The highest BCUT2D eigenvalue weighted by atomic mass is 79.9. The van der Waals surface area contributed by atoms with E-state index in [1.807, 2.05) is 72.8 Å². The fourth-order valence-electron chi connectivity index (χ4n) is 3.85. The van der Waals surface area contributed by atoms with Gasteiger partial charge in [-0.1, -0.05) is 56.1 Å². The van der Waals surface area contributed by atoms with Crippen molar-refractivity contribution in [3.63, 3.8) is 0 Å². The molecule has 176 valence electrons.